The third-order valence-corrected chi connectivity index (χ3v) is 9.10. The molecule has 0 bridgehead atoms. The lowest BCUT2D eigenvalue weighted by Gasteiger charge is -2.15. The zero-order valence-electron chi connectivity index (χ0n) is 23.6. The second-order valence-electron chi connectivity index (χ2n) is 11.4. The number of fused-ring (bicyclic) bond motifs is 7. The second kappa shape index (κ2) is 8.76. The molecule has 3 aromatic heterocycles. The normalized spacial score (nSPS) is 12.1. The van der Waals surface area contributed by atoms with Crippen LogP contribution >= 0.6 is 0 Å². The first-order valence-corrected chi connectivity index (χ1v) is 14.9. The van der Waals surface area contributed by atoms with E-state index in [0.717, 1.165) is 38.7 Å². The second-order valence-corrected chi connectivity index (χ2v) is 11.4. The molecule has 0 saturated heterocycles. The molecule has 10 aromatic rings. The van der Waals surface area contributed by atoms with Crippen LogP contribution in [0.2, 0.25) is 0 Å². The van der Waals surface area contributed by atoms with Gasteiger partial charge in [-0.15, -0.1) is 0 Å². The Morgan fingerprint density at radius 2 is 1.07 bits per heavy atom. The maximum atomic E-state index is 5.45. The average Bonchev–Trinajstić information content (AvgIpc) is 3.36. The summed E-state index contributed by atoms with van der Waals surface area (Å²) in [6.45, 7) is 0. The third-order valence-electron chi connectivity index (χ3n) is 9.10. The van der Waals surface area contributed by atoms with Gasteiger partial charge in [0.1, 0.15) is 0 Å². The summed E-state index contributed by atoms with van der Waals surface area (Å²) in [7, 11) is 0. The van der Waals surface area contributed by atoms with Gasteiger partial charge in [-0.1, -0.05) is 115 Å². The average molecular weight is 561 g/mol. The van der Waals surface area contributed by atoms with Gasteiger partial charge < -0.3 is 4.40 Å². The summed E-state index contributed by atoms with van der Waals surface area (Å²) in [6, 6.07) is 51.8. The zero-order valence-corrected chi connectivity index (χ0v) is 23.6. The predicted molar refractivity (Wildman–Crippen MR) is 183 cm³/mol. The quantitative estimate of drug-likeness (QED) is 0.211. The minimum Gasteiger partial charge on any atom is -0.306 e. The molecule has 0 unspecified atom stereocenters. The summed E-state index contributed by atoms with van der Waals surface area (Å²) in [5.74, 6) is 0.652. The smallest absolute Gasteiger partial charge is 0.235 e. The van der Waals surface area contributed by atoms with E-state index in [1.807, 2.05) is 0 Å². The largest absolute Gasteiger partial charge is 0.306 e. The molecule has 4 nitrogen and oxygen atoms in total. The van der Waals surface area contributed by atoms with Gasteiger partial charge in [0.2, 0.25) is 5.95 Å². The van der Waals surface area contributed by atoms with Crippen molar-refractivity contribution >= 4 is 70.8 Å². The molecule has 0 atom stereocenters. The van der Waals surface area contributed by atoms with E-state index in [9.17, 15) is 0 Å². The third kappa shape index (κ3) is 3.11. The molecule has 204 valence electrons. The molecule has 3 heterocycles. The molecule has 0 aliphatic rings. The van der Waals surface area contributed by atoms with Crippen LogP contribution in [-0.4, -0.2) is 18.9 Å². The van der Waals surface area contributed by atoms with Crippen molar-refractivity contribution in [1.82, 2.24) is 18.9 Å². The van der Waals surface area contributed by atoms with E-state index in [2.05, 4.69) is 155 Å². The van der Waals surface area contributed by atoms with E-state index < -0.39 is 0 Å². The van der Waals surface area contributed by atoms with E-state index in [1.54, 1.807) is 0 Å². The van der Waals surface area contributed by atoms with Crippen LogP contribution in [0.4, 0.5) is 0 Å². The number of aromatic nitrogens is 4. The minimum absolute atomic E-state index is 0.652. The van der Waals surface area contributed by atoms with Crippen molar-refractivity contribution in [3.05, 3.63) is 146 Å². The summed E-state index contributed by atoms with van der Waals surface area (Å²) in [5.41, 5.74) is 8.56. The van der Waals surface area contributed by atoms with Crippen LogP contribution in [0, 0.1) is 0 Å². The molecule has 0 radical (unpaired) electrons. The molecular formula is C40H24N4. The molecule has 0 amide bonds. The van der Waals surface area contributed by atoms with Gasteiger partial charge in [-0.3, -0.25) is 4.57 Å². The molecule has 0 aliphatic heterocycles. The summed E-state index contributed by atoms with van der Waals surface area (Å²) in [6.07, 6.45) is 0. The van der Waals surface area contributed by atoms with Gasteiger partial charge in [-0.25, -0.2) is 9.97 Å². The number of nitrogens with zero attached hydrogens (tertiary/aromatic N) is 4. The van der Waals surface area contributed by atoms with Crippen molar-refractivity contribution < 1.29 is 0 Å². The molecule has 10 rings (SSSR count). The SMILES string of the molecule is c1ccc2c(-c3nc(-n4c5cccc6ccc7c8ccccc8n(c8ccccc84)c7c65)nc4ccccc34)cccc2c1. The van der Waals surface area contributed by atoms with Gasteiger partial charge in [0.25, 0.3) is 0 Å². The van der Waals surface area contributed by atoms with Gasteiger partial charge >= 0.3 is 0 Å². The van der Waals surface area contributed by atoms with Crippen LogP contribution in [0.5, 0.6) is 0 Å². The van der Waals surface area contributed by atoms with Crippen LogP contribution in [0.25, 0.3) is 88.0 Å². The highest BCUT2D eigenvalue weighted by atomic mass is 15.2. The molecule has 7 aromatic carbocycles. The van der Waals surface area contributed by atoms with Crippen molar-refractivity contribution in [2.45, 2.75) is 0 Å². The molecule has 0 aliphatic carbocycles. The first-order chi connectivity index (χ1) is 21.8. The van der Waals surface area contributed by atoms with Crippen LogP contribution < -0.4 is 0 Å². The Morgan fingerprint density at radius 3 is 1.98 bits per heavy atom. The highest BCUT2D eigenvalue weighted by molar-refractivity contribution is 6.23. The minimum atomic E-state index is 0.652. The summed E-state index contributed by atoms with van der Waals surface area (Å²) in [4.78, 5) is 10.7. The summed E-state index contributed by atoms with van der Waals surface area (Å²) in [5, 5.41) is 8.28. The summed E-state index contributed by atoms with van der Waals surface area (Å²) >= 11 is 0. The molecule has 0 spiro atoms. The van der Waals surface area contributed by atoms with Gasteiger partial charge in [-0.2, -0.15) is 0 Å². The lowest BCUT2D eigenvalue weighted by molar-refractivity contribution is 1.01. The van der Waals surface area contributed by atoms with Crippen molar-refractivity contribution in [1.29, 1.82) is 0 Å². The van der Waals surface area contributed by atoms with Crippen LogP contribution in [0.1, 0.15) is 0 Å². The monoisotopic (exact) mass is 560 g/mol. The van der Waals surface area contributed by atoms with E-state index in [1.165, 1.54) is 43.4 Å². The van der Waals surface area contributed by atoms with Gasteiger partial charge in [0.05, 0.1) is 38.8 Å². The van der Waals surface area contributed by atoms with E-state index in [0.29, 0.717) is 5.95 Å². The van der Waals surface area contributed by atoms with Gasteiger partial charge in [-0.05, 0) is 46.5 Å². The van der Waals surface area contributed by atoms with E-state index >= 15 is 0 Å². The molecule has 0 N–H and O–H groups in total. The number of hydrogen-bond acceptors (Lipinski definition) is 2. The lowest BCUT2D eigenvalue weighted by atomic mass is 9.99. The highest BCUT2D eigenvalue weighted by Crippen LogP contribution is 2.40. The molecule has 0 fully saturated rings. The lowest BCUT2D eigenvalue weighted by Crippen LogP contribution is -2.05. The van der Waals surface area contributed by atoms with Crippen LogP contribution in [-0.2, 0) is 0 Å². The summed E-state index contributed by atoms with van der Waals surface area (Å²) < 4.78 is 4.69. The molecule has 4 heteroatoms. The topological polar surface area (TPSA) is 35.1 Å². The number of rotatable bonds is 2. The Labute approximate surface area is 252 Å². The number of benzene rings is 7. The fourth-order valence-electron chi connectivity index (χ4n) is 7.23. The van der Waals surface area contributed by atoms with Gasteiger partial charge in [0, 0.05) is 27.1 Å². The molecular weight excluding hydrogens is 536 g/mol. The standard InChI is InChI=1S/C40H24N4/c1-2-14-27-25(11-1)12-9-17-29(27)38-31-16-3-5-18-32(31)41-40(42-38)44-35-21-8-7-20-34(35)43-33-19-6-4-15-28(33)30-24-23-26-13-10-22-36(44)37(26)39(30)43/h1-24H. The number of para-hydroxylation sites is 4. The maximum absolute atomic E-state index is 5.45. The highest BCUT2D eigenvalue weighted by Gasteiger charge is 2.20. The van der Waals surface area contributed by atoms with E-state index in [4.69, 9.17) is 9.97 Å². The Balaban J connectivity index is 1.45. The zero-order chi connectivity index (χ0) is 28.8. The molecule has 0 saturated carbocycles. The first kappa shape index (κ1) is 23.6. The maximum Gasteiger partial charge on any atom is 0.235 e. The van der Waals surface area contributed by atoms with Crippen molar-refractivity contribution in [3.63, 3.8) is 0 Å². The number of hydrogen-bond donors (Lipinski definition) is 0. The van der Waals surface area contributed by atoms with Crippen molar-refractivity contribution in [3.8, 4) is 17.2 Å². The van der Waals surface area contributed by atoms with Crippen molar-refractivity contribution in [2.24, 2.45) is 0 Å². The fraction of sp³-hybridized carbons (Fsp3) is 0. The van der Waals surface area contributed by atoms with Crippen LogP contribution in [0.3, 0.4) is 0 Å². The van der Waals surface area contributed by atoms with E-state index in [-0.39, 0.29) is 0 Å². The Morgan fingerprint density at radius 1 is 0.409 bits per heavy atom. The predicted octanol–water partition coefficient (Wildman–Crippen LogP) is 10.1. The fourth-order valence-corrected chi connectivity index (χ4v) is 7.23. The van der Waals surface area contributed by atoms with Crippen LogP contribution in [0.15, 0.2) is 146 Å². The Bertz CT molecular complexity index is 2760. The molecule has 44 heavy (non-hydrogen) atoms. The Hall–Kier alpha value is -6.00. The Kier molecular flexibility index (Phi) is 4.69. The first-order valence-electron chi connectivity index (χ1n) is 14.9. The van der Waals surface area contributed by atoms with Gasteiger partial charge in [0.15, 0.2) is 0 Å². The van der Waals surface area contributed by atoms with Crippen molar-refractivity contribution in [2.75, 3.05) is 0 Å².